The number of nitrogens with zero attached hydrogens (tertiary/aromatic N) is 2. The molecule has 1 N–H and O–H groups in total. The number of benzene rings is 1. The van der Waals surface area contributed by atoms with Crippen molar-refractivity contribution in [1.82, 2.24) is 9.97 Å². The SMILES string of the molecule is COc1ccc(C)cc1Nc1nc(C)nc(Cl)c1C=O. The van der Waals surface area contributed by atoms with Gasteiger partial charge in [0.1, 0.15) is 22.5 Å². The van der Waals surface area contributed by atoms with Gasteiger partial charge in [0.2, 0.25) is 0 Å². The molecule has 0 spiro atoms. The third-order valence-corrected chi connectivity index (χ3v) is 3.02. The monoisotopic (exact) mass is 291 g/mol. The first-order valence-corrected chi connectivity index (χ1v) is 6.34. The maximum Gasteiger partial charge on any atom is 0.156 e. The number of aldehydes is 1. The summed E-state index contributed by atoms with van der Waals surface area (Å²) < 4.78 is 5.28. The molecule has 0 fully saturated rings. The van der Waals surface area contributed by atoms with Gasteiger partial charge >= 0.3 is 0 Å². The Hall–Kier alpha value is -2.14. The second kappa shape index (κ2) is 5.88. The normalized spacial score (nSPS) is 10.2. The van der Waals surface area contributed by atoms with Crippen molar-refractivity contribution in [2.45, 2.75) is 13.8 Å². The Balaban J connectivity index is 2.49. The smallest absolute Gasteiger partial charge is 0.156 e. The van der Waals surface area contributed by atoms with Crippen LogP contribution in [0.2, 0.25) is 5.15 Å². The number of methoxy groups -OCH3 is 1. The molecule has 0 radical (unpaired) electrons. The molecular weight excluding hydrogens is 278 g/mol. The summed E-state index contributed by atoms with van der Waals surface area (Å²) in [5.74, 6) is 1.50. The van der Waals surface area contributed by atoms with Gasteiger partial charge in [-0.15, -0.1) is 0 Å². The fourth-order valence-corrected chi connectivity index (χ4v) is 2.05. The molecule has 1 aromatic carbocycles. The Labute approximate surface area is 122 Å². The number of nitrogens with one attached hydrogen (secondary N) is 1. The number of carbonyl (C=O) groups is 1. The zero-order valence-corrected chi connectivity index (χ0v) is 12.2. The molecule has 6 heteroatoms. The molecule has 0 saturated carbocycles. The molecular formula is C14H14ClN3O2. The summed E-state index contributed by atoms with van der Waals surface area (Å²) in [5, 5.41) is 3.20. The van der Waals surface area contributed by atoms with Crippen molar-refractivity contribution < 1.29 is 9.53 Å². The Bertz CT molecular complexity index is 659. The molecule has 2 aromatic rings. The van der Waals surface area contributed by atoms with Crippen LogP contribution in [-0.4, -0.2) is 23.4 Å². The van der Waals surface area contributed by atoms with Gasteiger partial charge in [-0.25, -0.2) is 9.97 Å². The lowest BCUT2D eigenvalue weighted by Gasteiger charge is -2.13. The van der Waals surface area contributed by atoms with E-state index >= 15 is 0 Å². The van der Waals surface area contributed by atoms with Crippen LogP contribution >= 0.6 is 11.6 Å². The fourth-order valence-electron chi connectivity index (χ4n) is 1.79. The molecule has 0 amide bonds. The van der Waals surface area contributed by atoms with E-state index in [-0.39, 0.29) is 10.7 Å². The highest BCUT2D eigenvalue weighted by Gasteiger charge is 2.13. The van der Waals surface area contributed by atoms with Crippen LogP contribution in [0.1, 0.15) is 21.7 Å². The lowest BCUT2D eigenvalue weighted by atomic mass is 10.2. The summed E-state index contributed by atoms with van der Waals surface area (Å²) in [7, 11) is 1.58. The third kappa shape index (κ3) is 2.88. The molecule has 20 heavy (non-hydrogen) atoms. The predicted octanol–water partition coefficient (Wildman–Crippen LogP) is 3.31. The molecule has 2 rings (SSSR count). The minimum absolute atomic E-state index is 0.126. The number of halogens is 1. The Morgan fingerprint density at radius 2 is 2.05 bits per heavy atom. The quantitative estimate of drug-likeness (QED) is 0.691. The number of aromatic nitrogens is 2. The van der Waals surface area contributed by atoms with Crippen LogP contribution in [0, 0.1) is 13.8 Å². The van der Waals surface area contributed by atoms with Crippen LogP contribution in [0.15, 0.2) is 18.2 Å². The Morgan fingerprint density at radius 3 is 2.70 bits per heavy atom. The van der Waals surface area contributed by atoms with Crippen LogP contribution in [0.4, 0.5) is 11.5 Å². The minimum atomic E-state index is 0.126. The lowest BCUT2D eigenvalue weighted by molar-refractivity contribution is 0.112. The van der Waals surface area contributed by atoms with Gasteiger partial charge in [-0.1, -0.05) is 17.7 Å². The van der Waals surface area contributed by atoms with Crippen molar-refractivity contribution in [1.29, 1.82) is 0 Å². The van der Waals surface area contributed by atoms with Gasteiger partial charge in [0, 0.05) is 0 Å². The van der Waals surface area contributed by atoms with E-state index in [1.54, 1.807) is 14.0 Å². The van der Waals surface area contributed by atoms with E-state index in [9.17, 15) is 4.79 Å². The first-order chi connectivity index (χ1) is 9.55. The molecule has 0 unspecified atom stereocenters. The van der Waals surface area contributed by atoms with Crippen molar-refractivity contribution in [3.63, 3.8) is 0 Å². The van der Waals surface area contributed by atoms with Crippen molar-refractivity contribution in [2.75, 3.05) is 12.4 Å². The van der Waals surface area contributed by atoms with Crippen molar-refractivity contribution in [3.05, 3.63) is 40.3 Å². The highest BCUT2D eigenvalue weighted by atomic mass is 35.5. The van der Waals surface area contributed by atoms with Gasteiger partial charge in [0.25, 0.3) is 0 Å². The van der Waals surface area contributed by atoms with Gasteiger partial charge < -0.3 is 10.1 Å². The van der Waals surface area contributed by atoms with Crippen molar-refractivity contribution >= 4 is 29.4 Å². The van der Waals surface area contributed by atoms with Gasteiger partial charge in [0.15, 0.2) is 6.29 Å². The number of hydrogen-bond acceptors (Lipinski definition) is 5. The third-order valence-electron chi connectivity index (χ3n) is 2.74. The van der Waals surface area contributed by atoms with E-state index in [0.29, 0.717) is 29.4 Å². The van der Waals surface area contributed by atoms with E-state index in [1.807, 2.05) is 25.1 Å². The van der Waals surface area contributed by atoms with Gasteiger partial charge in [-0.05, 0) is 31.5 Å². The molecule has 0 aliphatic rings. The van der Waals surface area contributed by atoms with E-state index in [2.05, 4.69) is 15.3 Å². The number of rotatable bonds is 4. The standard InChI is InChI=1S/C14H14ClN3O2/c1-8-4-5-12(20-3)11(6-8)18-14-10(7-19)13(15)16-9(2)17-14/h4-7H,1-3H3,(H,16,17,18). The molecule has 0 saturated heterocycles. The molecule has 0 aliphatic heterocycles. The van der Waals surface area contributed by atoms with E-state index in [4.69, 9.17) is 16.3 Å². The summed E-state index contributed by atoms with van der Waals surface area (Å²) >= 11 is 5.95. The summed E-state index contributed by atoms with van der Waals surface area (Å²) in [5.41, 5.74) is 1.99. The molecule has 1 aromatic heterocycles. The van der Waals surface area contributed by atoms with E-state index in [1.165, 1.54) is 0 Å². The number of ether oxygens (including phenoxy) is 1. The summed E-state index contributed by atoms with van der Waals surface area (Å²) in [6.45, 7) is 3.67. The van der Waals surface area contributed by atoms with Crippen molar-refractivity contribution in [3.8, 4) is 5.75 Å². The van der Waals surface area contributed by atoms with E-state index in [0.717, 1.165) is 5.56 Å². The van der Waals surface area contributed by atoms with Crippen LogP contribution in [0.3, 0.4) is 0 Å². The minimum Gasteiger partial charge on any atom is -0.495 e. The number of aryl methyl sites for hydroxylation is 2. The number of anilines is 2. The molecule has 0 bridgehead atoms. The molecule has 0 aliphatic carbocycles. The summed E-state index contributed by atoms with van der Waals surface area (Å²) in [6.07, 6.45) is 0.631. The molecule has 104 valence electrons. The molecule has 0 atom stereocenters. The summed E-state index contributed by atoms with van der Waals surface area (Å²) in [6, 6.07) is 5.68. The summed E-state index contributed by atoms with van der Waals surface area (Å²) in [4.78, 5) is 19.3. The zero-order chi connectivity index (χ0) is 14.7. The van der Waals surface area contributed by atoms with Gasteiger partial charge in [-0.3, -0.25) is 4.79 Å². The maximum absolute atomic E-state index is 11.1. The number of hydrogen-bond donors (Lipinski definition) is 1. The van der Waals surface area contributed by atoms with Crippen LogP contribution < -0.4 is 10.1 Å². The second-order valence-electron chi connectivity index (χ2n) is 4.27. The fraction of sp³-hybridized carbons (Fsp3) is 0.214. The van der Waals surface area contributed by atoms with Gasteiger partial charge in [0.05, 0.1) is 18.4 Å². The predicted molar refractivity (Wildman–Crippen MR) is 78.2 cm³/mol. The average Bonchev–Trinajstić information content (AvgIpc) is 2.38. The largest absolute Gasteiger partial charge is 0.495 e. The van der Waals surface area contributed by atoms with Gasteiger partial charge in [-0.2, -0.15) is 0 Å². The van der Waals surface area contributed by atoms with E-state index < -0.39 is 0 Å². The van der Waals surface area contributed by atoms with Crippen LogP contribution in [-0.2, 0) is 0 Å². The highest BCUT2D eigenvalue weighted by molar-refractivity contribution is 6.32. The van der Waals surface area contributed by atoms with Crippen molar-refractivity contribution in [2.24, 2.45) is 0 Å². The Kier molecular flexibility index (Phi) is 4.20. The Morgan fingerprint density at radius 1 is 1.30 bits per heavy atom. The first-order valence-electron chi connectivity index (χ1n) is 5.96. The number of carbonyl (C=O) groups excluding carboxylic acids is 1. The van der Waals surface area contributed by atoms with Crippen LogP contribution in [0.25, 0.3) is 0 Å². The maximum atomic E-state index is 11.1. The highest BCUT2D eigenvalue weighted by Crippen LogP contribution is 2.30. The topological polar surface area (TPSA) is 64.1 Å². The van der Waals surface area contributed by atoms with Crippen LogP contribution in [0.5, 0.6) is 5.75 Å². The average molecular weight is 292 g/mol. The lowest BCUT2D eigenvalue weighted by Crippen LogP contribution is -2.04. The zero-order valence-electron chi connectivity index (χ0n) is 11.4. The first kappa shape index (κ1) is 14.3. The molecule has 1 heterocycles. The second-order valence-corrected chi connectivity index (χ2v) is 4.63. The molecule has 5 nitrogen and oxygen atoms in total.